The smallest absolute Gasteiger partial charge is 0.267 e. The Morgan fingerprint density at radius 1 is 1.04 bits per heavy atom. The summed E-state index contributed by atoms with van der Waals surface area (Å²) in [4.78, 5) is 27.5. The van der Waals surface area contributed by atoms with E-state index in [0.717, 1.165) is 19.3 Å². The monoisotopic (exact) mass is 429 g/mol. The third-order valence-corrected chi connectivity index (χ3v) is 6.00. The van der Waals surface area contributed by atoms with E-state index >= 15 is 0 Å². The zero-order valence-corrected chi connectivity index (χ0v) is 17.8. The lowest BCUT2D eigenvalue weighted by Gasteiger charge is -2.15. The zero-order chi connectivity index (χ0) is 19.8. The van der Waals surface area contributed by atoms with Crippen LogP contribution in [0.3, 0.4) is 0 Å². The lowest BCUT2D eigenvalue weighted by molar-refractivity contribution is -0.136. The van der Waals surface area contributed by atoms with E-state index in [1.165, 1.54) is 35.9 Å². The van der Waals surface area contributed by atoms with Crippen molar-refractivity contribution in [3.8, 4) is 0 Å². The molecule has 0 bridgehead atoms. The molecule has 1 aromatic rings. The second-order valence-corrected chi connectivity index (χ2v) is 8.38. The summed E-state index contributed by atoms with van der Waals surface area (Å²) >= 11 is 13.4. The largest absolute Gasteiger partial charge is 0.396 e. The maximum atomic E-state index is 13.0. The number of hydrogen-bond donors (Lipinski definition) is 1. The number of aliphatic hydroxyl groups is 1. The van der Waals surface area contributed by atoms with E-state index < -0.39 is 0 Å². The molecule has 1 aromatic carbocycles. The molecule has 1 aliphatic rings. The Morgan fingerprint density at radius 3 is 2.41 bits per heavy atom. The molecule has 0 atom stereocenters. The van der Waals surface area contributed by atoms with Crippen LogP contribution in [0.2, 0.25) is 10.0 Å². The summed E-state index contributed by atoms with van der Waals surface area (Å²) in [7, 11) is 0. The van der Waals surface area contributed by atoms with Crippen LogP contribution < -0.4 is 0 Å². The van der Waals surface area contributed by atoms with Crippen molar-refractivity contribution in [2.24, 2.45) is 0 Å². The number of nitrogens with zero attached hydrogens (tertiary/aromatic N) is 1. The molecule has 2 rings (SSSR count). The summed E-state index contributed by atoms with van der Waals surface area (Å²) in [5.74, 6) is -0.278. The fourth-order valence-electron chi connectivity index (χ4n) is 3.02. The second-order valence-electron chi connectivity index (χ2n) is 6.43. The molecule has 0 fully saturated rings. The summed E-state index contributed by atoms with van der Waals surface area (Å²) in [5, 5.41) is 9.94. The fraction of sp³-hybridized carbons (Fsp3) is 0.500. The highest BCUT2D eigenvalue weighted by atomic mass is 35.5. The van der Waals surface area contributed by atoms with Crippen LogP contribution in [0.15, 0.2) is 23.1 Å². The van der Waals surface area contributed by atoms with Gasteiger partial charge < -0.3 is 5.11 Å². The van der Waals surface area contributed by atoms with E-state index in [2.05, 4.69) is 6.92 Å². The summed E-state index contributed by atoms with van der Waals surface area (Å²) in [5.41, 5.74) is 0.816. The number of unbranched alkanes of at least 4 members (excludes halogenated alkanes) is 5. The number of halogens is 2. The lowest BCUT2D eigenvalue weighted by Crippen LogP contribution is -2.32. The molecule has 7 heteroatoms. The van der Waals surface area contributed by atoms with Crippen LogP contribution in [0.25, 0.3) is 5.57 Å². The molecular formula is C20H25Cl2NO3S. The number of carbonyl (C=O) groups excluding carboxylic acids is 2. The van der Waals surface area contributed by atoms with Gasteiger partial charge in [-0.25, -0.2) is 0 Å². The van der Waals surface area contributed by atoms with E-state index in [1.54, 1.807) is 18.2 Å². The molecule has 0 aromatic heterocycles. The fourth-order valence-corrected chi connectivity index (χ4v) is 4.39. The molecular weight excluding hydrogens is 405 g/mol. The molecule has 0 saturated carbocycles. The first-order valence-corrected chi connectivity index (χ1v) is 11.0. The number of rotatable bonds is 11. The number of thioether (sulfide) groups is 1. The van der Waals surface area contributed by atoms with Crippen molar-refractivity contribution in [2.45, 2.75) is 45.4 Å². The quantitative estimate of drug-likeness (QED) is 0.389. The molecule has 0 unspecified atom stereocenters. The van der Waals surface area contributed by atoms with E-state index in [9.17, 15) is 9.59 Å². The summed E-state index contributed by atoms with van der Waals surface area (Å²) in [6.07, 6.45) is 6.47. The Bertz CT molecular complexity index is 721. The first-order valence-electron chi connectivity index (χ1n) is 9.30. The van der Waals surface area contributed by atoms with Crippen molar-refractivity contribution in [2.75, 3.05) is 18.9 Å². The Kier molecular flexibility index (Phi) is 9.16. The maximum Gasteiger partial charge on any atom is 0.267 e. The molecule has 1 heterocycles. The third kappa shape index (κ3) is 5.74. The minimum absolute atomic E-state index is 0.0747. The summed E-state index contributed by atoms with van der Waals surface area (Å²) < 4.78 is 0. The van der Waals surface area contributed by atoms with Gasteiger partial charge in [0.25, 0.3) is 11.8 Å². The van der Waals surface area contributed by atoms with Crippen LogP contribution in [0.5, 0.6) is 0 Å². The zero-order valence-electron chi connectivity index (χ0n) is 15.5. The molecule has 0 aliphatic carbocycles. The van der Waals surface area contributed by atoms with Gasteiger partial charge in [0, 0.05) is 22.9 Å². The Hall–Kier alpha value is -1.01. The highest BCUT2D eigenvalue weighted by Crippen LogP contribution is 2.39. The number of imide groups is 1. The first-order chi connectivity index (χ1) is 13.0. The molecule has 0 saturated heterocycles. The van der Waals surface area contributed by atoms with Gasteiger partial charge in [-0.1, -0.05) is 68.3 Å². The summed E-state index contributed by atoms with van der Waals surface area (Å²) in [6, 6.07) is 4.88. The normalized spacial score (nSPS) is 14.6. The van der Waals surface area contributed by atoms with Gasteiger partial charge in [0.15, 0.2) is 0 Å². The Labute approximate surface area is 174 Å². The molecule has 2 amide bonds. The molecule has 27 heavy (non-hydrogen) atoms. The topological polar surface area (TPSA) is 57.6 Å². The summed E-state index contributed by atoms with van der Waals surface area (Å²) in [6.45, 7) is 2.50. The molecule has 1 N–H and O–H groups in total. The van der Waals surface area contributed by atoms with Crippen molar-refractivity contribution >= 4 is 52.4 Å². The minimum Gasteiger partial charge on any atom is -0.396 e. The van der Waals surface area contributed by atoms with Gasteiger partial charge >= 0.3 is 0 Å². The molecule has 0 spiro atoms. The number of benzene rings is 1. The van der Waals surface area contributed by atoms with Gasteiger partial charge in [-0.2, -0.15) is 0 Å². The SMILES string of the molecule is CCCCCCCCN1C(=O)C(SCCO)=C(c2ccc(Cl)cc2Cl)C1=O. The number of carbonyl (C=O) groups is 2. The molecule has 1 aliphatic heterocycles. The van der Waals surface area contributed by atoms with Crippen molar-refractivity contribution in [1.29, 1.82) is 0 Å². The predicted octanol–water partition coefficient (Wildman–Crippen LogP) is 5.16. The van der Waals surface area contributed by atoms with Crippen LogP contribution in [0.1, 0.15) is 51.0 Å². The van der Waals surface area contributed by atoms with Crippen molar-refractivity contribution in [3.05, 3.63) is 38.7 Å². The van der Waals surface area contributed by atoms with E-state index in [-0.39, 0.29) is 18.4 Å². The molecule has 0 radical (unpaired) electrons. The van der Waals surface area contributed by atoms with Crippen LogP contribution in [-0.2, 0) is 9.59 Å². The van der Waals surface area contributed by atoms with E-state index in [4.69, 9.17) is 28.3 Å². The van der Waals surface area contributed by atoms with Crippen LogP contribution in [-0.4, -0.2) is 40.7 Å². The van der Waals surface area contributed by atoms with Gasteiger partial charge in [0.2, 0.25) is 0 Å². The van der Waals surface area contributed by atoms with Crippen LogP contribution in [0, 0.1) is 0 Å². The molecule has 148 valence electrons. The highest BCUT2D eigenvalue weighted by Gasteiger charge is 2.39. The third-order valence-electron chi connectivity index (χ3n) is 4.40. The van der Waals surface area contributed by atoms with Gasteiger partial charge in [-0.15, -0.1) is 11.8 Å². The number of amides is 2. The van der Waals surface area contributed by atoms with Crippen molar-refractivity contribution in [1.82, 2.24) is 4.90 Å². The van der Waals surface area contributed by atoms with Crippen LogP contribution >= 0.6 is 35.0 Å². The average Bonchev–Trinajstić information content (AvgIpc) is 2.87. The minimum atomic E-state index is -0.321. The second kappa shape index (κ2) is 11.1. The standard InChI is InChI=1S/C20H25Cl2NO3S/c1-2-3-4-5-6-7-10-23-19(25)17(18(20(23)26)27-12-11-24)15-9-8-14(21)13-16(15)22/h8-9,13,24H,2-7,10-12H2,1H3. The van der Waals surface area contributed by atoms with Gasteiger partial charge in [0.1, 0.15) is 0 Å². The Balaban J connectivity index is 2.17. The van der Waals surface area contributed by atoms with Gasteiger partial charge in [-0.3, -0.25) is 14.5 Å². The maximum absolute atomic E-state index is 13.0. The molecule has 4 nitrogen and oxygen atoms in total. The van der Waals surface area contributed by atoms with E-state index in [0.29, 0.717) is 38.4 Å². The highest BCUT2D eigenvalue weighted by molar-refractivity contribution is 8.04. The Morgan fingerprint density at radius 2 is 1.74 bits per heavy atom. The van der Waals surface area contributed by atoms with Crippen molar-refractivity contribution in [3.63, 3.8) is 0 Å². The van der Waals surface area contributed by atoms with Crippen molar-refractivity contribution < 1.29 is 14.7 Å². The van der Waals surface area contributed by atoms with Gasteiger partial charge in [0.05, 0.1) is 22.1 Å². The first kappa shape index (κ1) is 22.3. The van der Waals surface area contributed by atoms with Crippen LogP contribution in [0.4, 0.5) is 0 Å². The number of aliphatic hydroxyl groups excluding tert-OH is 1. The number of hydrogen-bond acceptors (Lipinski definition) is 4. The lowest BCUT2D eigenvalue weighted by atomic mass is 10.1. The van der Waals surface area contributed by atoms with Gasteiger partial charge in [-0.05, 0) is 18.6 Å². The predicted molar refractivity (Wildman–Crippen MR) is 113 cm³/mol. The van der Waals surface area contributed by atoms with E-state index in [1.807, 2.05) is 0 Å². The average molecular weight is 430 g/mol.